The van der Waals surface area contributed by atoms with Gasteiger partial charge in [-0.3, -0.25) is 0 Å². The quantitative estimate of drug-likeness (QED) is 0.488. The van der Waals surface area contributed by atoms with E-state index < -0.39 is 0 Å². The fourth-order valence-corrected chi connectivity index (χ4v) is 4.16. The SMILES string of the molecule is CC1CC/C(=C\c2ccc(Cl)cc2)c2nc(N)c(C#N)c(-c3ccc(Cl)cc3)c21. The standard InChI is InChI=1S/C24H19Cl2N3/c1-14-2-5-17(12-15-3-8-18(25)9-4-15)23-21(14)22(20(13-27)24(28)29-23)16-6-10-19(26)11-7-16/h3-4,6-12,14H,2,5H2,1H3,(H2,28,29)/b17-12+. The highest BCUT2D eigenvalue weighted by Crippen LogP contribution is 2.45. The topological polar surface area (TPSA) is 62.7 Å². The van der Waals surface area contributed by atoms with Crippen LogP contribution in [0.25, 0.3) is 22.8 Å². The molecule has 5 heteroatoms. The van der Waals surface area contributed by atoms with Crippen LogP contribution in [0.3, 0.4) is 0 Å². The van der Waals surface area contributed by atoms with Crippen LogP contribution >= 0.6 is 23.2 Å². The van der Waals surface area contributed by atoms with Crippen molar-refractivity contribution in [2.75, 3.05) is 5.73 Å². The lowest BCUT2D eigenvalue weighted by Gasteiger charge is -2.28. The molecule has 0 saturated heterocycles. The summed E-state index contributed by atoms with van der Waals surface area (Å²) in [5, 5.41) is 11.2. The second-order valence-corrected chi connectivity index (χ2v) is 8.16. The highest BCUT2D eigenvalue weighted by atomic mass is 35.5. The number of rotatable bonds is 2. The van der Waals surface area contributed by atoms with Crippen molar-refractivity contribution < 1.29 is 0 Å². The van der Waals surface area contributed by atoms with Crippen molar-refractivity contribution in [1.29, 1.82) is 5.26 Å². The fraction of sp³-hybridized carbons (Fsp3) is 0.167. The zero-order valence-corrected chi connectivity index (χ0v) is 17.4. The van der Waals surface area contributed by atoms with E-state index in [2.05, 4.69) is 24.1 Å². The van der Waals surface area contributed by atoms with Crippen LogP contribution in [0.1, 0.15) is 48.1 Å². The number of nitrogen functional groups attached to an aromatic ring is 1. The predicted molar refractivity (Wildman–Crippen MR) is 121 cm³/mol. The van der Waals surface area contributed by atoms with Gasteiger partial charge in [0.2, 0.25) is 0 Å². The van der Waals surface area contributed by atoms with Crippen LogP contribution in [0.5, 0.6) is 0 Å². The number of allylic oxidation sites excluding steroid dienone is 1. The van der Waals surface area contributed by atoms with Gasteiger partial charge in [-0.2, -0.15) is 5.26 Å². The highest BCUT2D eigenvalue weighted by Gasteiger charge is 2.28. The van der Waals surface area contributed by atoms with Gasteiger partial charge in [-0.15, -0.1) is 0 Å². The summed E-state index contributed by atoms with van der Waals surface area (Å²) in [5.41, 5.74) is 12.6. The first-order valence-electron chi connectivity index (χ1n) is 9.44. The molecular formula is C24H19Cl2N3. The molecule has 144 valence electrons. The molecule has 1 atom stereocenters. The van der Waals surface area contributed by atoms with Crippen molar-refractivity contribution in [2.45, 2.75) is 25.7 Å². The molecule has 1 aliphatic carbocycles. The second-order valence-electron chi connectivity index (χ2n) is 7.29. The van der Waals surface area contributed by atoms with Crippen LogP contribution in [0, 0.1) is 11.3 Å². The van der Waals surface area contributed by atoms with Crippen LogP contribution in [0.2, 0.25) is 10.0 Å². The first-order valence-corrected chi connectivity index (χ1v) is 10.2. The zero-order chi connectivity index (χ0) is 20.5. The molecule has 0 radical (unpaired) electrons. The smallest absolute Gasteiger partial charge is 0.142 e. The number of nitriles is 1. The number of aromatic nitrogens is 1. The van der Waals surface area contributed by atoms with Crippen LogP contribution in [0.4, 0.5) is 5.82 Å². The Morgan fingerprint density at radius 1 is 1.07 bits per heavy atom. The van der Waals surface area contributed by atoms with Gasteiger partial charge in [0.15, 0.2) is 0 Å². The van der Waals surface area contributed by atoms with Gasteiger partial charge in [0.05, 0.1) is 5.69 Å². The average Bonchev–Trinajstić information content (AvgIpc) is 2.71. The van der Waals surface area contributed by atoms with Gasteiger partial charge >= 0.3 is 0 Å². The van der Waals surface area contributed by atoms with Crippen LogP contribution < -0.4 is 5.73 Å². The van der Waals surface area contributed by atoms with Crippen molar-refractivity contribution in [1.82, 2.24) is 4.98 Å². The van der Waals surface area contributed by atoms with Crippen molar-refractivity contribution >= 4 is 40.7 Å². The number of anilines is 1. The Balaban J connectivity index is 1.97. The summed E-state index contributed by atoms with van der Waals surface area (Å²) in [6.07, 6.45) is 4.00. The summed E-state index contributed by atoms with van der Waals surface area (Å²) in [5.74, 6) is 0.519. The maximum atomic E-state index is 9.81. The number of fused-ring (bicyclic) bond motifs is 1. The molecule has 1 aliphatic rings. The number of nitrogens with zero attached hydrogens (tertiary/aromatic N) is 2. The zero-order valence-electron chi connectivity index (χ0n) is 15.9. The summed E-state index contributed by atoms with van der Waals surface area (Å²) in [6, 6.07) is 17.5. The minimum absolute atomic E-state index is 0.257. The molecule has 2 N–H and O–H groups in total. The Morgan fingerprint density at radius 3 is 2.31 bits per heavy atom. The van der Waals surface area contributed by atoms with Gasteiger partial charge in [0.1, 0.15) is 17.5 Å². The van der Waals surface area contributed by atoms with E-state index in [1.54, 1.807) is 0 Å². The van der Waals surface area contributed by atoms with Crippen LogP contribution in [-0.4, -0.2) is 4.98 Å². The van der Waals surface area contributed by atoms with Crippen LogP contribution in [0.15, 0.2) is 48.5 Å². The maximum Gasteiger partial charge on any atom is 0.142 e. The average molecular weight is 420 g/mol. The summed E-state index contributed by atoms with van der Waals surface area (Å²) < 4.78 is 0. The van der Waals surface area contributed by atoms with Gasteiger partial charge < -0.3 is 5.73 Å². The first-order chi connectivity index (χ1) is 14.0. The predicted octanol–water partition coefficient (Wildman–Crippen LogP) is 6.95. The lowest BCUT2D eigenvalue weighted by Crippen LogP contribution is -2.14. The Kier molecular flexibility index (Phi) is 5.32. The molecular weight excluding hydrogens is 401 g/mol. The Bertz CT molecular complexity index is 1140. The molecule has 2 aromatic carbocycles. The maximum absolute atomic E-state index is 9.81. The monoisotopic (exact) mass is 419 g/mol. The van der Waals surface area contributed by atoms with Gasteiger partial charge in [-0.25, -0.2) is 4.98 Å². The summed E-state index contributed by atoms with van der Waals surface area (Å²) >= 11 is 12.1. The molecule has 29 heavy (non-hydrogen) atoms. The van der Waals surface area contributed by atoms with Gasteiger partial charge in [0, 0.05) is 15.6 Å². The molecule has 1 unspecified atom stereocenters. The van der Waals surface area contributed by atoms with Gasteiger partial charge in [0.25, 0.3) is 0 Å². The van der Waals surface area contributed by atoms with E-state index in [1.807, 2.05) is 48.5 Å². The number of hydrogen-bond donors (Lipinski definition) is 1. The number of benzene rings is 2. The van der Waals surface area contributed by atoms with Gasteiger partial charge in [-0.1, -0.05) is 54.4 Å². The molecule has 0 fully saturated rings. The normalized spacial score (nSPS) is 17.0. The summed E-state index contributed by atoms with van der Waals surface area (Å²) in [6.45, 7) is 2.18. The van der Waals surface area contributed by atoms with Crippen molar-refractivity contribution in [3.63, 3.8) is 0 Å². The first kappa shape index (κ1) is 19.5. The molecule has 0 amide bonds. The van der Waals surface area contributed by atoms with Crippen molar-refractivity contribution in [2.24, 2.45) is 0 Å². The lowest BCUT2D eigenvalue weighted by atomic mass is 9.78. The minimum atomic E-state index is 0.257. The third-order valence-electron chi connectivity index (χ3n) is 5.36. The Morgan fingerprint density at radius 2 is 1.69 bits per heavy atom. The molecule has 0 saturated carbocycles. The molecule has 3 nitrogen and oxygen atoms in total. The van der Waals surface area contributed by atoms with E-state index in [1.165, 1.54) is 0 Å². The molecule has 1 aromatic heterocycles. The largest absolute Gasteiger partial charge is 0.383 e. The van der Waals surface area contributed by atoms with E-state index >= 15 is 0 Å². The lowest BCUT2D eigenvalue weighted by molar-refractivity contribution is 0.671. The molecule has 0 aliphatic heterocycles. The second kappa shape index (κ2) is 7.91. The van der Waals surface area contributed by atoms with E-state index in [-0.39, 0.29) is 11.7 Å². The number of pyridine rings is 1. The third kappa shape index (κ3) is 3.74. The Hall–Kier alpha value is -2.80. The number of hydrogen-bond acceptors (Lipinski definition) is 3. The molecule has 1 heterocycles. The number of halogens is 2. The molecule has 0 bridgehead atoms. The van der Waals surface area contributed by atoms with Gasteiger partial charge in [-0.05, 0) is 71.4 Å². The Labute approximate surface area is 180 Å². The molecule has 4 rings (SSSR count). The number of nitrogens with two attached hydrogens (primary N) is 1. The summed E-state index contributed by atoms with van der Waals surface area (Å²) in [4.78, 5) is 4.67. The highest BCUT2D eigenvalue weighted by molar-refractivity contribution is 6.30. The summed E-state index contributed by atoms with van der Waals surface area (Å²) in [7, 11) is 0. The van der Waals surface area contributed by atoms with Crippen LogP contribution in [-0.2, 0) is 0 Å². The van der Waals surface area contributed by atoms with Crippen molar-refractivity contribution in [3.05, 3.63) is 81.0 Å². The minimum Gasteiger partial charge on any atom is -0.383 e. The van der Waals surface area contributed by atoms with E-state index in [4.69, 9.17) is 28.9 Å². The molecule has 3 aromatic rings. The third-order valence-corrected chi connectivity index (χ3v) is 5.87. The molecule has 0 spiro atoms. The van der Waals surface area contributed by atoms with E-state index in [0.29, 0.717) is 15.6 Å². The fourth-order valence-electron chi connectivity index (χ4n) is 3.91. The van der Waals surface area contributed by atoms with E-state index in [0.717, 1.165) is 46.4 Å². The van der Waals surface area contributed by atoms with Crippen molar-refractivity contribution in [3.8, 4) is 17.2 Å². The van der Waals surface area contributed by atoms with E-state index in [9.17, 15) is 5.26 Å².